The van der Waals surface area contributed by atoms with Crippen molar-refractivity contribution in [1.82, 2.24) is 0 Å². The molecule has 0 saturated heterocycles. The average Bonchev–Trinajstić information content (AvgIpc) is 2.13. The van der Waals surface area contributed by atoms with Crippen molar-refractivity contribution in [2.45, 2.75) is 19.4 Å². The molecule has 0 bridgehead atoms. The second-order valence-corrected chi connectivity index (χ2v) is 3.31. The quantitative estimate of drug-likeness (QED) is 0.683. The van der Waals surface area contributed by atoms with Gasteiger partial charge in [-0.3, -0.25) is 0 Å². The Hall–Kier alpha value is -1.13. The van der Waals surface area contributed by atoms with Gasteiger partial charge in [-0.2, -0.15) is 0 Å². The average molecular weight is 198 g/mol. The molecule has 1 rings (SSSR count). The first-order valence-corrected chi connectivity index (χ1v) is 4.51. The van der Waals surface area contributed by atoms with Gasteiger partial charge in [-0.1, -0.05) is 6.07 Å². The van der Waals surface area contributed by atoms with E-state index in [1.165, 1.54) is 6.07 Å². The number of halogens is 1. The second kappa shape index (κ2) is 4.39. The number of nitrogens with two attached hydrogens (primary N) is 2. The summed E-state index contributed by atoms with van der Waals surface area (Å²) in [5.74, 6) is -0.996. The number of hydrogen-bond acceptors (Lipinski definition) is 3. The van der Waals surface area contributed by atoms with E-state index in [4.69, 9.17) is 11.5 Å². The zero-order chi connectivity index (χ0) is 10.7. The van der Waals surface area contributed by atoms with Gasteiger partial charge in [0.1, 0.15) is 0 Å². The summed E-state index contributed by atoms with van der Waals surface area (Å²) in [6.07, 6.45) is 0.526. The number of benzene rings is 1. The Kier molecular flexibility index (Phi) is 3.43. The van der Waals surface area contributed by atoms with Crippen LogP contribution in [0.5, 0.6) is 5.75 Å². The molecule has 14 heavy (non-hydrogen) atoms. The third kappa shape index (κ3) is 2.02. The number of phenolic OH excluding ortho intramolecular Hbond substituents is 1. The van der Waals surface area contributed by atoms with Gasteiger partial charge >= 0.3 is 0 Å². The summed E-state index contributed by atoms with van der Waals surface area (Å²) in [6.45, 7) is 2.20. The molecule has 1 unspecified atom stereocenters. The van der Waals surface area contributed by atoms with Crippen LogP contribution in [-0.2, 0) is 0 Å². The maximum absolute atomic E-state index is 13.0. The number of rotatable bonds is 3. The normalized spacial score (nSPS) is 12.9. The van der Waals surface area contributed by atoms with Gasteiger partial charge in [-0.05, 0) is 31.5 Å². The lowest BCUT2D eigenvalue weighted by atomic mass is 9.98. The fourth-order valence-electron chi connectivity index (χ4n) is 1.47. The van der Waals surface area contributed by atoms with Gasteiger partial charge in [0.25, 0.3) is 0 Å². The summed E-state index contributed by atoms with van der Waals surface area (Å²) in [5.41, 5.74) is 12.4. The highest BCUT2D eigenvalue weighted by Crippen LogP contribution is 2.30. The minimum atomic E-state index is -0.641. The zero-order valence-electron chi connectivity index (χ0n) is 8.13. The highest BCUT2D eigenvalue weighted by Gasteiger charge is 2.16. The van der Waals surface area contributed by atoms with Crippen molar-refractivity contribution < 1.29 is 9.50 Å². The third-order valence-electron chi connectivity index (χ3n) is 2.23. The maximum Gasteiger partial charge on any atom is 0.165 e. The molecule has 0 aromatic heterocycles. The van der Waals surface area contributed by atoms with Crippen molar-refractivity contribution >= 4 is 0 Å². The molecule has 78 valence electrons. The topological polar surface area (TPSA) is 72.3 Å². The number of phenols is 1. The molecule has 0 spiro atoms. The first-order chi connectivity index (χ1) is 6.57. The van der Waals surface area contributed by atoms with E-state index in [0.29, 0.717) is 18.5 Å². The molecule has 5 N–H and O–H groups in total. The van der Waals surface area contributed by atoms with E-state index in [1.807, 2.05) is 0 Å². The Morgan fingerprint density at radius 2 is 2.14 bits per heavy atom. The van der Waals surface area contributed by atoms with Gasteiger partial charge in [0.2, 0.25) is 0 Å². The van der Waals surface area contributed by atoms with Crippen molar-refractivity contribution in [2.75, 3.05) is 6.54 Å². The van der Waals surface area contributed by atoms with Gasteiger partial charge in [-0.15, -0.1) is 0 Å². The molecule has 0 fully saturated rings. The number of hydrogen-bond donors (Lipinski definition) is 3. The summed E-state index contributed by atoms with van der Waals surface area (Å²) in [4.78, 5) is 0. The SMILES string of the molecule is Cc1ccc(F)c(O)c1C(N)CCN. The number of aryl methyl sites for hydroxylation is 1. The molecule has 3 nitrogen and oxygen atoms in total. The standard InChI is InChI=1S/C10H15FN2O/c1-6-2-3-7(11)10(14)9(6)8(13)4-5-12/h2-3,8,14H,4-5,12-13H2,1H3. The Labute approximate surface area is 82.5 Å². The molecule has 4 heteroatoms. The molecular weight excluding hydrogens is 183 g/mol. The van der Waals surface area contributed by atoms with Crippen LogP contribution >= 0.6 is 0 Å². The molecule has 1 atom stereocenters. The van der Waals surface area contributed by atoms with E-state index in [1.54, 1.807) is 13.0 Å². The van der Waals surface area contributed by atoms with Crippen LogP contribution in [0.2, 0.25) is 0 Å². The Morgan fingerprint density at radius 1 is 1.50 bits per heavy atom. The van der Waals surface area contributed by atoms with E-state index in [-0.39, 0.29) is 5.75 Å². The minimum absolute atomic E-state index is 0.356. The smallest absolute Gasteiger partial charge is 0.165 e. The van der Waals surface area contributed by atoms with Crippen molar-refractivity contribution in [3.05, 3.63) is 29.1 Å². The lowest BCUT2D eigenvalue weighted by molar-refractivity contribution is 0.418. The molecule has 0 aliphatic carbocycles. The Balaban J connectivity index is 3.11. The van der Waals surface area contributed by atoms with Crippen LogP contribution in [0.15, 0.2) is 12.1 Å². The van der Waals surface area contributed by atoms with E-state index in [2.05, 4.69) is 0 Å². The zero-order valence-corrected chi connectivity index (χ0v) is 8.13. The Bertz CT molecular complexity index is 328. The van der Waals surface area contributed by atoms with Gasteiger partial charge in [-0.25, -0.2) is 4.39 Å². The van der Waals surface area contributed by atoms with Crippen molar-refractivity contribution in [2.24, 2.45) is 11.5 Å². The second-order valence-electron chi connectivity index (χ2n) is 3.31. The lowest BCUT2D eigenvalue weighted by Crippen LogP contribution is -2.16. The molecule has 1 aromatic carbocycles. The van der Waals surface area contributed by atoms with Crippen molar-refractivity contribution in [3.63, 3.8) is 0 Å². The largest absolute Gasteiger partial charge is 0.505 e. The summed E-state index contributed by atoms with van der Waals surface area (Å²) in [6, 6.07) is 2.42. The molecule has 1 aromatic rings. The van der Waals surface area contributed by atoms with Crippen LogP contribution in [0.3, 0.4) is 0 Å². The Morgan fingerprint density at radius 3 is 2.71 bits per heavy atom. The minimum Gasteiger partial charge on any atom is -0.505 e. The van der Waals surface area contributed by atoms with Crippen LogP contribution < -0.4 is 11.5 Å². The van der Waals surface area contributed by atoms with Crippen LogP contribution in [0, 0.1) is 12.7 Å². The van der Waals surface area contributed by atoms with Crippen molar-refractivity contribution in [3.8, 4) is 5.75 Å². The summed E-state index contributed by atoms with van der Waals surface area (Å²) < 4.78 is 13.0. The van der Waals surface area contributed by atoms with Gasteiger partial charge < -0.3 is 16.6 Å². The van der Waals surface area contributed by atoms with Crippen LogP contribution in [0.25, 0.3) is 0 Å². The summed E-state index contributed by atoms with van der Waals surface area (Å²) >= 11 is 0. The van der Waals surface area contributed by atoms with Gasteiger partial charge in [0.05, 0.1) is 0 Å². The van der Waals surface area contributed by atoms with Gasteiger partial charge in [0.15, 0.2) is 11.6 Å². The lowest BCUT2D eigenvalue weighted by Gasteiger charge is -2.15. The molecule has 0 heterocycles. The highest BCUT2D eigenvalue weighted by molar-refractivity contribution is 5.41. The first kappa shape index (κ1) is 10.9. The molecule has 0 saturated carbocycles. The van der Waals surface area contributed by atoms with E-state index >= 15 is 0 Å². The molecule has 0 aliphatic heterocycles. The molecule has 0 radical (unpaired) electrons. The predicted molar refractivity (Wildman–Crippen MR) is 53.4 cm³/mol. The number of aromatic hydroxyl groups is 1. The van der Waals surface area contributed by atoms with E-state index in [9.17, 15) is 9.50 Å². The maximum atomic E-state index is 13.0. The van der Waals surface area contributed by atoms with Crippen LogP contribution in [0.4, 0.5) is 4.39 Å². The van der Waals surface area contributed by atoms with E-state index < -0.39 is 11.9 Å². The molecule has 0 aliphatic rings. The van der Waals surface area contributed by atoms with Gasteiger partial charge in [0, 0.05) is 11.6 Å². The fraction of sp³-hybridized carbons (Fsp3) is 0.400. The monoisotopic (exact) mass is 198 g/mol. The van der Waals surface area contributed by atoms with Crippen LogP contribution in [0.1, 0.15) is 23.6 Å². The van der Waals surface area contributed by atoms with E-state index in [0.717, 1.165) is 5.56 Å². The predicted octanol–water partition coefficient (Wildman–Crippen LogP) is 1.19. The fourth-order valence-corrected chi connectivity index (χ4v) is 1.47. The molecular formula is C10H15FN2O. The van der Waals surface area contributed by atoms with Crippen molar-refractivity contribution in [1.29, 1.82) is 0 Å². The van der Waals surface area contributed by atoms with Crippen LogP contribution in [-0.4, -0.2) is 11.7 Å². The highest BCUT2D eigenvalue weighted by atomic mass is 19.1. The third-order valence-corrected chi connectivity index (χ3v) is 2.23. The summed E-state index contributed by atoms with van der Waals surface area (Å²) in [5, 5.41) is 9.48. The summed E-state index contributed by atoms with van der Waals surface area (Å²) in [7, 11) is 0. The first-order valence-electron chi connectivity index (χ1n) is 4.51. The molecule has 0 amide bonds.